The number of benzene rings is 1. The molecule has 34 heavy (non-hydrogen) atoms. The molecule has 2 amide bonds. The summed E-state index contributed by atoms with van der Waals surface area (Å²) in [5.41, 5.74) is 6.40. The van der Waals surface area contributed by atoms with Crippen LogP contribution in [0.5, 0.6) is 17.2 Å². The van der Waals surface area contributed by atoms with Gasteiger partial charge in [0.15, 0.2) is 0 Å². The number of ether oxygens (including phenoxy) is 3. The molecule has 1 atom stereocenters. The van der Waals surface area contributed by atoms with Gasteiger partial charge in [0.05, 0.1) is 19.4 Å². The van der Waals surface area contributed by atoms with E-state index in [2.05, 4.69) is 15.3 Å². The van der Waals surface area contributed by atoms with Crippen molar-refractivity contribution >= 4 is 17.6 Å². The number of nitrogens with zero attached hydrogens (tertiary/aromatic N) is 3. The van der Waals surface area contributed by atoms with Crippen LogP contribution in [0.1, 0.15) is 33.7 Å². The fraction of sp³-hybridized carbons (Fsp3) is 0.333. The third-order valence-corrected chi connectivity index (χ3v) is 5.30. The van der Waals surface area contributed by atoms with E-state index in [1.165, 1.54) is 12.3 Å². The number of likely N-dealkylation sites (tertiary alicyclic amines) is 1. The average Bonchev–Trinajstić information content (AvgIpc) is 3.30. The Labute approximate surface area is 197 Å². The Kier molecular flexibility index (Phi) is 7.38. The smallest absolute Gasteiger partial charge is 0.279 e. The number of nitrogens with two attached hydrogens (primary N) is 1. The van der Waals surface area contributed by atoms with Gasteiger partial charge in [0.1, 0.15) is 34.9 Å². The highest BCUT2D eigenvalue weighted by Crippen LogP contribution is 2.29. The van der Waals surface area contributed by atoms with E-state index in [0.29, 0.717) is 36.2 Å². The zero-order valence-electron chi connectivity index (χ0n) is 18.9. The summed E-state index contributed by atoms with van der Waals surface area (Å²) in [7, 11) is 1.71. The Hall–Kier alpha value is -3.92. The van der Waals surface area contributed by atoms with Crippen LogP contribution >= 0.6 is 0 Å². The summed E-state index contributed by atoms with van der Waals surface area (Å²) in [5.74, 6) is 0.660. The number of hydrogen-bond acceptors (Lipinski definition) is 7. The van der Waals surface area contributed by atoms with Gasteiger partial charge in [-0.1, -0.05) is 0 Å². The highest BCUT2D eigenvalue weighted by molar-refractivity contribution is 6.06. The van der Waals surface area contributed by atoms with E-state index in [9.17, 15) is 9.59 Å². The molecule has 1 aromatic carbocycles. The first-order chi connectivity index (χ1) is 16.5. The minimum absolute atomic E-state index is 0.0593. The van der Waals surface area contributed by atoms with Crippen molar-refractivity contribution in [2.24, 2.45) is 10.7 Å². The van der Waals surface area contributed by atoms with Crippen molar-refractivity contribution in [1.29, 1.82) is 0 Å². The van der Waals surface area contributed by atoms with Gasteiger partial charge in [-0.05, 0) is 43.0 Å². The molecule has 2 aliphatic rings. The molecule has 3 heterocycles. The number of amidine groups is 1. The summed E-state index contributed by atoms with van der Waals surface area (Å²) < 4.78 is 17.3. The van der Waals surface area contributed by atoms with Crippen molar-refractivity contribution in [2.75, 3.05) is 33.4 Å². The molecule has 2 aliphatic heterocycles. The quantitative estimate of drug-likeness (QED) is 0.448. The molecule has 0 aliphatic carbocycles. The minimum atomic E-state index is -0.537. The van der Waals surface area contributed by atoms with Crippen LogP contribution in [-0.2, 0) is 4.74 Å². The van der Waals surface area contributed by atoms with E-state index in [0.717, 1.165) is 25.9 Å². The van der Waals surface area contributed by atoms with Gasteiger partial charge in [-0.25, -0.2) is 4.98 Å². The first-order valence-electron chi connectivity index (χ1n) is 11.1. The average molecular weight is 466 g/mol. The lowest BCUT2D eigenvalue weighted by atomic mass is 10.2. The van der Waals surface area contributed by atoms with Gasteiger partial charge in [-0.2, -0.15) is 4.99 Å². The van der Waals surface area contributed by atoms with Gasteiger partial charge < -0.3 is 30.2 Å². The highest BCUT2D eigenvalue weighted by Gasteiger charge is 2.23. The van der Waals surface area contributed by atoms with E-state index < -0.39 is 5.91 Å². The Bertz CT molecular complexity index is 1090. The zero-order valence-corrected chi connectivity index (χ0v) is 18.9. The minimum Gasteiger partial charge on any atom is -0.488 e. The molecule has 0 unspecified atom stereocenters. The molecule has 2 fully saturated rings. The van der Waals surface area contributed by atoms with Crippen LogP contribution in [0.25, 0.3) is 0 Å². The van der Waals surface area contributed by atoms with Crippen LogP contribution in [0.4, 0.5) is 0 Å². The lowest BCUT2D eigenvalue weighted by Crippen LogP contribution is -2.42. The van der Waals surface area contributed by atoms with Gasteiger partial charge in [0.25, 0.3) is 11.8 Å². The van der Waals surface area contributed by atoms with Crippen LogP contribution < -0.4 is 20.5 Å². The van der Waals surface area contributed by atoms with Crippen LogP contribution in [0.3, 0.4) is 0 Å². The summed E-state index contributed by atoms with van der Waals surface area (Å²) in [4.78, 5) is 34.9. The first kappa shape index (κ1) is 23.2. The van der Waals surface area contributed by atoms with Crippen LogP contribution in [0.15, 0.2) is 53.8 Å². The molecule has 10 nitrogen and oxygen atoms in total. The molecule has 0 bridgehead atoms. The summed E-state index contributed by atoms with van der Waals surface area (Å²) >= 11 is 0. The van der Waals surface area contributed by atoms with Crippen LogP contribution in [0, 0.1) is 0 Å². The first-order valence-corrected chi connectivity index (χ1v) is 11.1. The molecule has 178 valence electrons. The van der Waals surface area contributed by atoms with Gasteiger partial charge in [0, 0.05) is 38.2 Å². The number of carbonyl (C=O) groups excluding carboxylic acids is 2. The van der Waals surface area contributed by atoms with E-state index in [1.807, 2.05) is 0 Å². The standard InChI is InChI=1S/C24H27N5O5/c1-26-7-5-22(25)28-23(30)16-11-19(13-20(12-16)34-18-6-10-32-15-18)33-17-3-4-21(27-14-17)24(31)29-8-2-9-29/h3-5,7,11-14,18,26H,2,6,8-10,15H2,1H3,(H2,25,28,30)/b7-5-/t18-/m1/s1. The van der Waals surface area contributed by atoms with Crippen molar-refractivity contribution in [3.63, 3.8) is 0 Å². The van der Waals surface area contributed by atoms with Crippen molar-refractivity contribution < 1.29 is 23.8 Å². The SMILES string of the molecule is CN/C=C\C(N)=NC(=O)c1cc(Oc2ccc(C(=O)N3CCC3)nc2)cc(O[C@@H]2CCOC2)c1. The number of amides is 2. The van der Waals surface area contributed by atoms with Crippen LogP contribution in [0.2, 0.25) is 0 Å². The maximum atomic E-state index is 12.7. The second-order valence-corrected chi connectivity index (χ2v) is 7.89. The van der Waals surface area contributed by atoms with Gasteiger partial charge in [-0.3, -0.25) is 9.59 Å². The van der Waals surface area contributed by atoms with E-state index in [1.54, 1.807) is 48.5 Å². The zero-order chi connectivity index (χ0) is 23.9. The predicted molar refractivity (Wildman–Crippen MR) is 125 cm³/mol. The third kappa shape index (κ3) is 5.90. The van der Waals surface area contributed by atoms with E-state index >= 15 is 0 Å². The topological polar surface area (TPSA) is 128 Å². The number of hydrogen-bond donors (Lipinski definition) is 2. The summed E-state index contributed by atoms with van der Waals surface area (Å²) in [6.45, 7) is 2.61. The number of aromatic nitrogens is 1. The monoisotopic (exact) mass is 465 g/mol. The number of aliphatic imine (C=N–C) groups is 1. The third-order valence-electron chi connectivity index (χ3n) is 5.30. The summed E-state index contributed by atoms with van der Waals surface area (Å²) in [6, 6.07) is 8.12. The number of pyridine rings is 1. The lowest BCUT2D eigenvalue weighted by Gasteiger charge is -2.30. The molecule has 10 heteroatoms. The molecule has 1 aromatic heterocycles. The largest absolute Gasteiger partial charge is 0.488 e. The van der Waals surface area contributed by atoms with Crippen molar-refractivity contribution in [2.45, 2.75) is 18.9 Å². The maximum Gasteiger partial charge on any atom is 0.279 e. The Morgan fingerprint density at radius 1 is 1.24 bits per heavy atom. The van der Waals surface area contributed by atoms with Gasteiger partial charge in [-0.15, -0.1) is 0 Å². The number of rotatable bonds is 8. The van der Waals surface area contributed by atoms with Crippen molar-refractivity contribution in [3.05, 3.63) is 60.1 Å². The number of nitrogens with one attached hydrogen (secondary N) is 1. The molecule has 0 radical (unpaired) electrons. The second-order valence-electron chi connectivity index (χ2n) is 7.89. The van der Waals surface area contributed by atoms with Crippen molar-refractivity contribution in [3.8, 4) is 17.2 Å². The van der Waals surface area contributed by atoms with Crippen LogP contribution in [-0.4, -0.2) is 67.0 Å². The predicted octanol–water partition coefficient (Wildman–Crippen LogP) is 2.12. The van der Waals surface area contributed by atoms with Crippen molar-refractivity contribution in [1.82, 2.24) is 15.2 Å². The molecule has 4 rings (SSSR count). The second kappa shape index (κ2) is 10.8. The molecule has 2 saturated heterocycles. The molecule has 0 saturated carbocycles. The summed E-state index contributed by atoms with van der Waals surface area (Å²) in [6.07, 6.45) is 6.19. The Morgan fingerprint density at radius 2 is 2.06 bits per heavy atom. The Balaban J connectivity index is 1.55. The molecule has 2 aromatic rings. The molecule has 3 N–H and O–H groups in total. The molecular weight excluding hydrogens is 438 g/mol. The van der Waals surface area contributed by atoms with Gasteiger partial charge >= 0.3 is 0 Å². The fourth-order valence-electron chi connectivity index (χ4n) is 3.39. The van der Waals surface area contributed by atoms with E-state index in [-0.39, 0.29) is 23.4 Å². The Morgan fingerprint density at radius 3 is 2.71 bits per heavy atom. The van der Waals surface area contributed by atoms with E-state index in [4.69, 9.17) is 19.9 Å². The highest BCUT2D eigenvalue weighted by atomic mass is 16.5. The molecular formula is C24H27N5O5. The number of carbonyl (C=O) groups is 2. The normalized spacial score (nSPS) is 18.0. The fourth-order valence-corrected chi connectivity index (χ4v) is 3.39. The lowest BCUT2D eigenvalue weighted by molar-refractivity contribution is 0.0645. The molecule has 0 spiro atoms. The van der Waals surface area contributed by atoms with Gasteiger partial charge in [0.2, 0.25) is 0 Å². The summed E-state index contributed by atoms with van der Waals surface area (Å²) in [5, 5.41) is 2.79. The maximum absolute atomic E-state index is 12.7.